The minimum atomic E-state index is -4.23. The third-order valence-corrected chi connectivity index (χ3v) is 7.10. The Morgan fingerprint density at radius 1 is 1.11 bits per heavy atom. The molecule has 4 atom stereocenters. The van der Waals surface area contributed by atoms with Crippen LogP contribution in [0.5, 0.6) is 5.75 Å². The van der Waals surface area contributed by atoms with E-state index in [1.54, 1.807) is 18.2 Å². The summed E-state index contributed by atoms with van der Waals surface area (Å²) in [5.41, 5.74) is 6.68. The second-order valence-electron chi connectivity index (χ2n) is 8.44. The van der Waals surface area contributed by atoms with Gasteiger partial charge in [-0.05, 0) is 25.7 Å². The number of nitrogen functional groups attached to an aromatic ring is 1. The Kier molecular flexibility index (Phi) is 10.3. The number of nitrogens with two attached hydrogens (primary N) is 1. The summed E-state index contributed by atoms with van der Waals surface area (Å²) < 4.78 is 38.3. The average molecular weight is 554 g/mol. The SMILES string of the molecule is CCN(CC)CC.Nc1ncnc2c1ncn2[C@@H]1O[C@H](COS(=O)(=O)NCc2ccccc2O)[C@@H](O)[C@H]1O. The third-order valence-electron chi connectivity index (χ3n) is 6.16. The zero-order valence-corrected chi connectivity index (χ0v) is 22.3. The molecule has 0 unspecified atom stereocenters. The topological polar surface area (TPSA) is 198 Å². The van der Waals surface area contributed by atoms with E-state index in [2.05, 4.69) is 45.3 Å². The van der Waals surface area contributed by atoms with Gasteiger partial charge in [0.1, 0.15) is 35.9 Å². The maximum Gasteiger partial charge on any atom is 0.336 e. The number of aromatic hydroxyl groups is 1. The van der Waals surface area contributed by atoms with Crippen LogP contribution in [-0.4, -0.2) is 92.7 Å². The average Bonchev–Trinajstić information content (AvgIpc) is 3.45. The molecular formula is C23H35N7O7S. The number of hydrogen-bond acceptors (Lipinski definition) is 12. The molecule has 1 fully saturated rings. The smallest absolute Gasteiger partial charge is 0.336 e. The van der Waals surface area contributed by atoms with E-state index in [1.165, 1.54) is 42.9 Å². The van der Waals surface area contributed by atoms with Crippen molar-refractivity contribution in [3.05, 3.63) is 42.5 Å². The van der Waals surface area contributed by atoms with Gasteiger partial charge in [0.2, 0.25) is 0 Å². The number of hydrogen-bond donors (Lipinski definition) is 5. The highest BCUT2D eigenvalue weighted by Crippen LogP contribution is 2.32. The second-order valence-corrected chi connectivity index (χ2v) is 9.87. The Morgan fingerprint density at radius 2 is 1.79 bits per heavy atom. The van der Waals surface area contributed by atoms with Crippen molar-refractivity contribution in [2.45, 2.75) is 51.9 Å². The van der Waals surface area contributed by atoms with Gasteiger partial charge in [0.05, 0.1) is 12.9 Å². The summed E-state index contributed by atoms with van der Waals surface area (Å²) in [7, 11) is -4.23. The Morgan fingerprint density at radius 3 is 2.42 bits per heavy atom. The van der Waals surface area contributed by atoms with Gasteiger partial charge in [-0.1, -0.05) is 39.0 Å². The number of phenolic OH excluding ortho intramolecular Hbond substituents is 1. The maximum atomic E-state index is 12.1. The lowest BCUT2D eigenvalue weighted by Gasteiger charge is -2.16. The van der Waals surface area contributed by atoms with E-state index in [4.69, 9.17) is 14.7 Å². The van der Waals surface area contributed by atoms with Gasteiger partial charge in [-0.15, -0.1) is 0 Å². The van der Waals surface area contributed by atoms with Gasteiger partial charge >= 0.3 is 10.3 Å². The number of phenols is 1. The summed E-state index contributed by atoms with van der Waals surface area (Å²) in [5, 5.41) is 30.4. The molecule has 210 valence electrons. The van der Waals surface area contributed by atoms with Crippen molar-refractivity contribution in [2.24, 2.45) is 0 Å². The highest BCUT2D eigenvalue weighted by Gasteiger charge is 2.45. The zero-order valence-electron chi connectivity index (χ0n) is 21.5. The molecule has 3 aromatic rings. The molecule has 1 saturated heterocycles. The number of nitrogens with one attached hydrogen (secondary N) is 1. The van der Waals surface area contributed by atoms with E-state index in [1.807, 2.05) is 0 Å². The Bertz CT molecular complexity index is 1280. The number of rotatable bonds is 10. The summed E-state index contributed by atoms with van der Waals surface area (Å²) in [6.07, 6.45) is -2.55. The van der Waals surface area contributed by atoms with E-state index < -0.39 is 41.5 Å². The first-order valence-electron chi connectivity index (χ1n) is 12.2. The summed E-state index contributed by atoms with van der Waals surface area (Å²) in [4.78, 5) is 14.3. The number of aromatic nitrogens is 4. The third kappa shape index (κ3) is 7.13. The van der Waals surface area contributed by atoms with Crippen LogP contribution in [0.15, 0.2) is 36.9 Å². The van der Waals surface area contributed by atoms with Crippen LogP contribution in [0.1, 0.15) is 32.6 Å². The van der Waals surface area contributed by atoms with Crippen LogP contribution in [-0.2, 0) is 25.8 Å². The van der Waals surface area contributed by atoms with Crippen LogP contribution in [0.25, 0.3) is 11.2 Å². The fraction of sp³-hybridized carbons (Fsp3) is 0.522. The largest absolute Gasteiger partial charge is 0.508 e. The van der Waals surface area contributed by atoms with Gasteiger partial charge in [-0.2, -0.15) is 13.1 Å². The Balaban J connectivity index is 0.000000505. The molecule has 0 spiro atoms. The Labute approximate surface area is 221 Å². The van der Waals surface area contributed by atoms with Gasteiger partial charge in [-0.3, -0.25) is 8.75 Å². The molecule has 1 aliphatic rings. The summed E-state index contributed by atoms with van der Waals surface area (Å²) in [6, 6.07) is 6.22. The predicted molar refractivity (Wildman–Crippen MR) is 139 cm³/mol. The standard InChI is InChI=1S/C17H20N6O7S.C6H15N/c18-15-12-16(20-7-19-15)23(8-21-12)17-14(26)13(25)11(30-17)6-29-31(27,28)22-5-9-3-1-2-4-10(9)24;1-4-7(5-2)6-3/h1-4,7-8,11,13-14,17,22,24-26H,5-6H2,(H2,18,19,20);4-6H2,1-3H3/t11-,13-,14-,17-;/m1./s1. The van der Waals surface area contributed by atoms with Crippen LogP contribution in [0.2, 0.25) is 0 Å². The number of imidazole rings is 1. The lowest BCUT2D eigenvalue weighted by Crippen LogP contribution is -2.36. The van der Waals surface area contributed by atoms with Crippen LogP contribution in [0.3, 0.4) is 0 Å². The molecule has 0 radical (unpaired) electrons. The number of benzene rings is 1. The molecule has 38 heavy (non-hydrogen) atoms. The van der Waals surface area contributed by atoms with Crippen molar-refractivity contribution in [1.82, 2.24) is 29.1 Å². The number of nitrogens with zero attached hydrogens (tertiary/aromatic N) is 5. The van der Waals surface area contributed by atoms with E-state index in [0.717, 1.165) is 0 Å². The summed E-state index contributed by atoms with van der Waals surface area (Å²) >= 11 is 0. The zero-order chi connectivity index (χ0) is 27.9. The minimum Gasteiger partial charge on any atom is -0.508 e. The van der Waals surface area contributed by atoms with Crippen molar-refractivity contribution >= 4 is 27.3 Å². The second kappa shape index (κ2) is 13.2. The fourth-order valence-corrected chi connectivity index (χ4v) is 4.58. The molecule has 14 nitrogen and oxygen atoms in total. The van der Waals surface area contributed by atoms with Gasteiger partial charge in [0, 0.05) is 12.1 Å². The van der Waals surface area contributed by atoms with Crippen molar-refractivity contribution in [3.8, 4) is 5.75 Å². The Hall–Kier alpha value is -2.92. The number of fused-ring (bicyclic) bond motifs is 1. The van der Waals surface area contributed by atoms with E-state index >= 15 is 0 Å². The highest BCUT2D eigenvalue weighted by molar-refractivity contribution is 7.84. The molecular weight excluding hydrogens is 518 g/mol. The lowest BCUT2D eigenvalue weighted by molar-refractivity contribution is -0.0469. The van der Waals surface area contributed by atoms with E-state index in [0.29, 0.717) is 11.1 Å². The first-order chi connectivity index (χ1) is 18.1. The quantitative estimate of drug-likeness (QED) is 0.228. The molecule has 0 amide bonds. The molecule has 2 aromatic heterocycles. The molecule has 4 rings (SSSR count). The first kappa shape index (κ1) is 29.6. The number of ether oxygens (including phenoxy) is 1. The van der Waals surface area contributed by atoms with E-state index in [9.17, 15) is 23.7 Å². The molecule has 1 aromatic carbocycles. The molecule has 1 aliphatic heterocycles. The predicted octanol–water partition coefficient (Wildman–Crippen LogP) is 0.133. The van der Waals surface area contributed by atoms with E-state index in [-0.39, 0.29) is 23.8 Å². The van der Waals surface area contributed by atoms with Gasteiger partial charge in [-0.25, -0.2) is 15.0 Å². The molecule has 0 bridgehead atoms. The first-order valence-corrected chi connectivity index (χ1v) is 13.6. The maximum absolute atomic E-state index is 12.1. The van der Waals surface area contributed by atoms with Crippen molar-refractivity contribution in [3.63, 3.8) is 0 Å². The summed E-state index contributed by atoms with van der Waals surface area (Å²) in [5.74, 6) is 0.0704. The number of aliphatic hydroxyl groups is 2. The molecule has 3 heterocycles. The highest BCUT2D eigenvalue weighted by atomic mass is 32.2. The molecule has 0 aliphatic carbocycles. The molecule has 15 heteroatoms. The minimum absolute atomic E-state index is 0.0669. The van der Waals surface area contributed by atoms with Crippen LogP contribution >= 0.6 is 0 Å². The number of anilines is 1. The van der Waals surface area contributed by atoms with Crippen molar-refractivity contribution in [2.75, 3.05) is 32.0 Å². The van der Waals surface area contributed by atoms with Crippen LogP contribution in [0, 0.1) is 0 Å². The van der Waals surface area contributed by atoms with Crippen molar-refractivity contribution in [1.29, 1.82) is 0 Å². The molecule has 6 N–H and O–H groups in total. The van der Waals surface area contributed by atoms with Crippen molar-refractivity contribution < 1.29 is 32.7 Å². The van der Waals surface area contributed by atoms with Gasteiger partial charge in [0.15, 0.2) is 17.7 Å². The monoisotopic (exact) mass is 553 g/mol. The lowest BCUT2D eigenvalue weighted by atomic mass is 10.1. The number of para-hydroxylation sites is 1. The van der Waals surface area contributed by atoms with Crippen LogP contribution < -0.4 is 10.5 Å². The summed E-state index contributed by atoms with van der Waals surface area (Å²) in [6.45, 7) is 9.37. The van der Waals surface area contributed by atoms with Gasteiger partial charge < -0.3 is 30.7 Å². The normalized spacial score (nSPS) is 21.5. The molecule has 0 saturated carbocycles. The van der Waals surface area contributed by atoms with Crippen LogP contribution in [0.4, 0.5) is 5.82 Å². The van der Waals surface area contributed by atoms with Gasteiger partial charge in [0.25, 0.3) is 0 Å². The fourth-order valence-electron chi connectivity index (χ4n) is 3.85. The number of aliphatic hydroxyl groups excluding tert-OH is 2.